The van der Waals surface area contributed by atoms with Gasteiger partial charge >= 0.3 is 0 Å². The number of carbonyl (C=O) groups is 2. The van der Waals surface area contributed by atoms with Crippen LogP contribution in [0.4, 0.5) is 5.69 Å². The number of aryl methyl sites for hydroxylation is 1. The molecule has 1 fully saturated rings. The van der Waals surface area contributed by atoms with Crippen LogP contribution >= 0.6 is 0 Å². The van der Waals surface area contributed by atoms with Crippen molar-refractivity contribution in [1.82, 2.24) is 4.90 Å². The van der Waals surface area contributed by atoms with Crippen molar-refractivity contribution in [2.45, 2.75) is 19.4 Å². The molecule has 0 radical (unpaired) electrons. The first kappa shape index (κ1) is 23.1. The number of nitro benzene ring substituents is 1. The van der Waals surface area contributed by atoms with Gasteiger partial charge in [0.15, 0.2) is 0 Å². The molecule has 9 heteroatoms. The predicted molar refractivity (Wildman–Crippen MR) is 116 cm³/mol. The third kappa shape index (κ3) is 4.68. The van der Waals surface area contributed by atoms with Crippen molar-refractivity contribution in [1.29, 1.82) is 0 Å². The highest BCUT2D eigenvalue weighted by Gasteiger charge is 2.45. The number of hydrogen-bond acceptors (Lipinski definition) is 7. The van der Waals surface area contributed by atoms with E-state index >= 15 is 0 Å². The van der Waals surface area contributed by atoms with Crippen molar-refractivity contribution in [3.8, 4) is 0 Å². The van der Waals surface area contributed by atoms with Crippen molar-refractivity contribution in [2.24, 2.45) is 0 Å². The van der Waals surface area contributed by atoms with Crippen LogP contribution in [0.1, 0.15) is 29.7 Å². The van der Waals surface area contributed by atoms with Crippen molar-refractivity contribution in [3.63, 3.8) is 0 Å². The van der Waals surface area contributed by atoms with Crippen molar-refractivity contribution in [2.75, 3.05) is 26.4 Å². The minimum Gasteiger partial charge on any atom is -0.507 e. The average molecular weight is 440 g/mol. The number of non-ortho nitro benzene ring substituents is 1. The monoisotopic (exact) mass is 440 g/mol. The number of ketones is 1. The Morgan fingerprint density at radius 1 is 1.09 bits per heavy atom. The number of hydrogen-bond donors (Lipinski definition) is 2. The zero-order chi connectivity index (χ0) is 23.3. The van der Waals surface area contributed by atoms with Crippen LogP contribution in [0.3, 0.4) is 0 Å². The first-order valence-electron chi connectivity index (χ1n) is 10.2. The summed E-state index contributed by atoms with van der Waals surface area (Å²) in [5, 5.41) is 30.7. The fourth-order valence-corrected chi connectivity index (χ4v) is 3.62. The first-order valence-corrected chi connectivity index (χ1v) is 10.2. The lowest BCUT2D eigenvalue weighted by Crippen LogP contribution is -2.33. The summed E-state index contributed by atoms with van der Waals surface area (Å²) in [6.07, 6.45) is 0.818. The molecule has 2 N–H and O–H groups in total. The highest BCUT2D eigenvalue weighted by molar-refractivity contribution is 6.46. The smallest absolute Gasteiger partial charge is 0.295 e. The van der Waals surface area contributed by atoms with E-state index in [-0.39, 0.29) is 43.2 Å². The van der Waals surface area contributed by atoms with Crippen molar-refractivity contribution < 1.29 is 29.5 Å². The second-order valence-electron chi connectivity index (χ2n) is 7.23. The lowest BCUT2D eigenvalue weighted by atomic mass is 9.94. The van der Waals surface area contributed by atoms with Gasteiger partial charge in [-0.05, 0) is 29.7 Å². The molecule has 32 heavy (non-hydrogen) atoms. The fourth-order valence-electron chi connectivity index (χ4n) is 3.62. The first-order chi connectivity index (χ1) is 15.4. The number of benzene rings is 2. The van der Waals surface area contributed by atoms with Crippen LogP contribution in [0.5, 0.6) is 0 Å². The summed E-state index contributed by atoms with van der Waals surface area (Å²) >= 11 is 0. The van der Waals surface area contributed by atoms with E-state index in [0.29, 0.717) is 5.56 Å². The van der Waals surface area contributed by atoms with Gasteiger partial charge in [0.2, 0.25) is 0 Å². The molecular formula is C23H24N2O7. The Morgan fingerprint density at radius 3 is 2.31 bits per heavy atom. The van der Waals surface area contributed by atoms with Gasteiger partial charge < -0.3 is 19.8 Å². The normalized spacial score (nSPS) is 17.7. The molecule has 0 aliphatic carbocycles. The Morgan fingerprint density at radius 2 is 1.75 bits per heavy atom. The zero-order valence-electron chi connectivity index (χ0n) is 17.6. The van der Waals surface area contributed by atoms with Gasteiger partial charge in [-0.15, -0.1) is 0 Å². The lowest BCUT2D eigenvalue weighted by Gasteiger charge is -2.25. The average Bonchev–Trinajstić information content (AvgIpc) is 3.06. The maximum Gasteiger partial charge on any atom is 0.295 e. The highest BCUT2D eigenvalue weighted by Crippen LogP contribution is 2.39. The molecule has 2 aromatic carbocycles. The van der Waals surface area contributed by atoms with Crippen LogP contribution in [0.25, 0.3) is 5.76 Å². The SMILES string of the molecule is CCc1ccc(C2/C(=C(\O)c3ccc([N+](=O)[O-])cc3)C(=O)C(=O)N2CCOCCO)cc1. The molecule has 2 aromatic rings. The molecule has 1 atom stereocenters. The van der Waals surface area contributed by atoms with Gasteiger partial charge in [0, 0.05) is 24.2 Å². The van der Waals surface area contributed by atoms with Gasteiger partial charge in [-0.3, -0.25) is 19.7 Å². The number of carbonyl (C=O) groups excluding carboxylic acids is 2. The van der Waals surface area contributed by atoms with Gasteiger partial charge in [-0.25, -0.2) is 0 Å². The summed E-state index contributed by atoms with van der Waals surface area (Å²) in [5.74, 6) is -2.01. The van der Waals surface area contributed by atoms with Gasteiger partial charge in [-0.2, -0.15) is 0 Å². The number of nitro groups is 1. The molecular weight excluding hydrogens is 416 g/mol. The van der Waals surface area contributed by atoms with Crippen LogP contribution in [0.2, 0.25) is 0 Å². The van der Waals surface area contributed by atoms with E-state index in [0.717, 1.165) is 12.0 Å². The van der Waals surface area contributed by atoms with E-state index in [9.17, 15) is 24.8 Å². The number of aliphatic hydroxyl groups is 2. The molecule has 1 aliphatic heterocycles. The van der Waals surface area contributed by atoms with Gasteiger partial charge in [-0.1, -0.05) is 31.2 Å². The van der Waals surface area contributed by atoms with Crippen LogP contribution in [0.15, 0.2) is 54.1 Å². The summed E-state index contributed by atoms with van der Waals surface area (Å²) in [6, 6.07) is 11.7. The Bertz CT molecular complexity index is 1030. The van der Waals surface area contributed by atoms with Crippen molar-refractivity contribution in [3.05, 3.63) is 80.9 Å². The molecule has 1 saturated heterocycles. The molecule has 0 spiro atoms. The van der Waals surface area contributed by atoms with Gasteiger partial charge in [0.25, 0.3) is 17.4 Å². The molecule has 3 rings (SSSR count). The summed E-state index contributed by atoms with van der Waals surface area (Å²) in [6.45, 7) is 2.13. The quantitative estimate of drug-likeness (QED) is 0.153. The number of likely N-dealkylation sites (tertiary alicyclic amines) is 1. The van der Waals surface area contributed by atoms with Crippen LogP contribution in [-0.2, 0) is 20.7 Å². The van der Waals surface area contributed by atoms with Crippen molar-refractivity contribution >= 4 is 23.1 Å². The Hall–Kier alpha value is -3.56. The molecule has 1 aliphatic rings. The topological polar surface area (TPSA) is 130 Å². The van der Waals surface area contributed by atoms with E-state index in [4.69, 9.17) is 9.84 Å². The van der Waals surface area contributed by atoms with Gasteiger partial charge in [0.05, 0.1) is 36.4 Å². The highest BCUT2D eigenvalue weighted by atomic mass is 16.6. The van der Waals surface area contributed by atoms with E-state index in [2.05, 4.69) is 0 Å². The molecule has 1 amide bonds. The molecule has 168 valence electrons. The van der Waals surface area contributed by atoms with E-state index in [1.807, 2.05) is 19.1 Å². The molecule has 0 bridgehead atoms. The van der Waals surface area contributed by atoms with E-state index < -0.39 is 28.4 Å². The fraction of sp³-hybridized carbons (Fsp3) is 0.304. The largest absolute Gasteiger partial charge is 0.507 e. The minimum atomic E-state index is -0.840. The molecule has 1 heterocycles. The summed E-state index contributed by atoms with van der Waals surface area (Å²) < 4.78 is 5.27. The van der Waals surface area contributed by atoms with E-state index in [1.165, 1.54) is 29.2 Å². The van der Waals surface area contributed by atoms with Gasteiger partial charge in [0.1, 0.15) is 5.76 Å². The molecule has 9 nitrogen and oxygen atoms in total. The van der Waals surface area contributed by atoms with Crippen LogP contribution < -0.4 is 0 Å². The Kier molecular flexibility index (Phi) is 7.34. The Labute approximate surface area is 184 Å². The third-order valence-electron chi connectivity index (χ3n) is 5.31. The number of rotatable bonds is 9. The molecule has 0 aromatic heterocycles. The Balaban J connectivity index is 2.05. The standard InChI is InChI=1S/C23H24N2O7/c1-2-15-3-5-16(6-4-15)20-19(21(27)17-7-9-18(10-8-17)25(30)31)22(28)23(29)24(20)11-13-32-14-12-26/h3-10,20,26-27H,2,11-14H2,1H3/b21-19+. The number of ether oxygens (including phenoxy) is 1. The number of nitrogens with zero attached hydrogens (tertiary/aromatic N) is 2. The number of amides is 1. The molecule has 0 saturated carbocycles. The second-order valence-corrected chi connectivity index (χ2v) is 7.23. The van der Waals surface area contributed by atoms with Crippen LogP contribution in [0, 0.1) is 10.1 Å². The number of aliphatic hydroxyl groups excluding tert-OH is 2. The summed E-state index contributed by atoms with van der Waals surface area (Å²) in [4.78, 5) is 37.4. The summed E-state index contributed by atoms with van der Waals surface area (Å²) in [7, 11) is 0. The summed E-state index contributed by atoms with van der Waals surface area (Å²) in [5.41, 5.74) is 1.67. The lowest BCUT2D eigenvalue weighted by molar-refractivity contribution is -0.384. The van der Waals surface area contributed by atoms with E-state index in [1.54, 1.807) is 12.1 Å². The van der Waals surface area contributed by atoms with Crippen LogP contribution in [-0.4, -0.2) is 58.1 Å². The predicted octanol–water partition coefficient (Wildman–Crippen LogP) is 2.59. The third-order valence-corrected chi connectivity index (χ3v) is 5.31. The maximum atomic E-state index is 12.9. The second kappa shape index (κ2) is 10.2. The maximum absolute atomic E-state index is 12.9. The minimum absolute atomic E-state index is 0.0851. The molecule has 1 unspecified atom stereocenters. The number of Topliss-reactive ketones (excluding diaryl/α,β-unsaturated/α-hetero) is 1. The zero-order valence-corrected chi connectivity index (χ0v) is 17.6.